The van der Waals surface area contributed by atoms with Gasteiger partial charge in [-0.3, -0.25) is 10.8 Å². The Hall–Kier alpha value is -1.12. The van der Waals surface area contributed by atoms with E-state index in [2.05, 4.69) is 6.92 Å². The fourth-order valence-electron chi connectivity index (χ4n) is 1.76. The van der Waals surface area contributed by atoms with E-state index in [4.69, 9.17) is 10.8 Å². The Balaban J connectivity index is 2.05. The molecule has 0 aromatic rings. The maximum Gasteiger partial charge on any atom is 0.126 e. The van der Waals surface area contributed by atoms with Crippen LogP contribution in [0.1, 0.15) is 45.4 Å². The molecule has 1 heterocycles. The zero-order valence-electron chi connectivity index (χ0n) is 9.55. The summed E-state index contributed by atoms with van der Waals surface area (Å²) in [6.45, 7) is 3.05. The lowest BCUT2D eigenvalue weighted by atomic mass is 10.1. The van der Waals surface area contributed by atoms with Gasteiger partial charge in [0.1, 0.15) is 11.7 Å². The van der Waals surface area contributed by atoms with Crippen molar-refractivity contribution in [3.8, 4) is 0 Å². The highest BCUT2D eigenvalue weighted by atomic mass is 15.2. The molecule has 0 saturated heterocycles. The van der Waals surface area contributed by atoms with Crippen LogP contribution >= 0.6 is 0 Å². The molecule has 1 aliphatic rings. The average molecular weight is 207 g/mol. The molecule has 3 nitrogen and oxygen atoms in total. The monoisotopic (exact) mass is 207 g/mol. The summed E-state index contributed by atoms with van der Waals surface area (Å²) in [5.74, 6) is 0.933. The summed E-state index contributed by atoms with van der Waals surface area (Å²) in [6.07, 6.45) is 10.9. The summed E-state index contributed by atoms with van der Waals surface area (Å²) in [5, 5.41) is 15.2. The highest BCUT2D eigenvalue weighted by Crippen LogP contribution is 2.09. The number of hydrogen-bond acceptors (Lipinski definition) is 2. The third-order valence-corrected chi connectivity index (χ3v) is 2.72. The lowest BCUT2D eigenvalue weighted by Gasteiger charge is -2.17. The van der Waals surface area contributed by atoms with Gasteiger partial charge in [0.25, 0.3) is 0 Å². The van der Waals surface area contributed by atoms with Crippen molar-refractivity contribution < 1.29 is 0 Å². The zero-order valence-corrected chi connectivity index (χ0v) is 9.55. The molecule has 0 fully saturated rings. The van der Waals surface area contributed by atoms with Crippen LogP contribution < -0.4 is 0 Å². The first kappa shape index (κ1) is 12.0. The Labute approximate surface area is 92.2 Å². The second-order valence-electron chi connectivity index (χ2n) is 4.02. The molecule has 0 aromatic heterocycles. The van der Waals surface area contributed by atoms with E-state index >= 15 is 0 Å². The van der Waals surface area contributed by atoms with Crippen molar-refractivity contribution in [3.63, 3.8) is 0 Å². The number of nitrogens with one attached hydrogen (secondary N) is 2. The van der Waals surface area contributed by atoms with Crippen LogP contribution in [0.4, 0.5) is 0 Å². The second kappa shape index (κ2) is 6.38. The maximum atomic E-state index is 7.58. The lowest BCUT2D eigenvalue weighted by molar-refractivity contribution is 0.531. The maximum absolute atomic E-state index is 7.58. The van der Waals surface area contributed by atoms with Gasteiger partial charge < -0.3 is 4.90 Å². The van der Waals surface area contributed by atoms with Gasteiger partial charge in [-0.15, -0.1) is 0 Å². The first-order chi connectivity index (χ1) is 7.25. The molecular formula is C12H21N3. The largest absolute Gasteiger partial charge is 0.312 e. The van der Waals surface area contributed by atoms with E-state index in [1.54, 1.807) is 17.1 Å². The quantitative estimate of drug-likeness (QED) is 0.619. The fraction of sp³-hybridized carbons (Fsp3) is 0.667. The highest BCUT2D eigenvalue weighted by Gasteiger charge is 2.15. The van der Waals surface area contributed by atoms with Crippen LogP contribution in [0, 0.1) is 10.8 Å². The molecule has 84 valence electrons. The zero-order chi connectivity index (χ0) is 11.1. The minimum atomic E-state index is 0.466. The van der Waals surface area contributed by atoms with Crippen molar-refractivity contribution in [1.82, 2.24) is 4.90 Å². The predicted octanol–water partition coefficient (Wildman–Crippen LogP) is 3.17. The number of amidine groups is 2. The molecular weight excluding hydrogens is 186 g/mol. The molecule has 3 heteroatoms. The number of unbranched alkanes of at least 4 members (excludes halogenated alkanes) is 5. The first-order valence-electron chi connectivity index (χ1n) is 5.88. The van der Waals surface area contributed by atoms with Crippen molar-refractivity contribution in [3.05, 3.63) is 12.2 Å². The van der Waals surface area contributed by atoms with Gasteiger partial charge in [0, 0.05) is 6.54 Å². The molecule has 0 atom stereocenters. The SMILES string of the molecule is CCCCCCCCN1C(=N)C=CC1=N. The van der Waals surface area contributed by atoms with Crippen molar-refractivity contribution in [2.24, 2.45) is 0 Å². The molecule has 1 rings (SSSR count). The summed E-state index contributed by atoms with van der Waals surface area (Å²) in [5.41, 5.74) is 0. The molecule has 0 aromatic carbocycles. The normalized spacial score (nSPS) is 15.4. The molecule has 0 radical (unpaired) electrons. The van der Waals surface area contributed by atoms with E-state index in [9.17, 15) is 0 Å². The Kier molecular flexibility index (Phi) is 5.08. The minimum absolute atomic E-state index is 0.466. The average Bonchev–Trinajstić information content (AvgIpc) is 2.54. The van der Waals surface area contributed by atoms with E-state index in [0.717, 1.165) is 13.0 Å². The molecule has 0 amide bonds. The summed E-state index contributed by atoms with van der Waals surface area (Å²) in [4.78, 5) is 1.76. The van der Waals surface area contributed by atoms with E-state index in [1.165, 1.54) is 32.1 Å². The smallest absolute Gasteiger partial charge is 0.126 e. The van der Waals surface area contributed by atoms with Gasteiger partial charge in [-0.2, -0.15) is 0 Å². The van der Waals surface area contributed by atoms with Crippen LogP contribution in [0.15, 0.2) is 12.2 Å². The van der Waals surface area contributed by atoms with Gasteiger partial charge >= 0.3 is 0 Å². The highest BCUT2D eigenvalue weighted by molar-refractivity contribution is 6.15. The van der Waals surface area contributed by atoms with Gasteiger partial charge in [0.05, 0.1) is 0 Å². The van der Waals surface area contributed by atoms with E-state index in [-0.39, 0.29) is 0 Å². The second-order valence-corrected chi connectivity index (χ2v) is 4.02. The number of rotatable bonds is 7. The summed E-state index contributed by atoms with van der Waals surface area (Å²) in [6, 6.07) is 0. The standard InChI is InChI=1S/C12H21N3/c1-2-3-4-5-6-7-10-15-11(13)8-9-12(15)14/h8-9,13-14H,2-7,10H2,1H3. The molecule has 0 unspecified atom stereocenters. The first-order valence-corrected chi connectivity index (χ1v) is 5.88. The molecule has 0 saturated carbocycles. The van der Waals surface area contributed by atoms with Crippen molar-refractivity contribution in [2.45, 2.75) is 45.4 Å². The Morgan fingerprint density at radius 1 is 0.933 bits per heavy atom. The molecule has 0 bridgehead atoms. The Bertz CT molecular complexity index is 238. The van der Waals surface area contributed by atoms with Crippen LogP contribution in [0.5, 0.6) is 0 Å². The summed E-state index contributed by atoms with van der Waals surface area (Å²) >= 11 is 0. The van der Waals surface area contributed by atoms with Gasteiger partial charge in [0.15, 0.2) is 0 Å². The summed E-state index contributed by atoms with van der Waals surface area (Å²) < 4.78 is 0. The van der Waals surface area contributed by atoms with Gasteiger partial charge in [-0.1, -0.05) is 39.0 Å². The van der Waals surface area contributed by atoms with Crippen LogP contribution in [0.25, 0.3) is 0 Å². The van der Waals surface area contributed by atoms with Crippen LogP contribution in [0.3, 0.4) is 0 Å². The molecule has 1 aliphatic heterocycles. The van der Waals surface area contributed by atoms with Crippen LogP contribution in [0.2, 0.25) is 0 Å². The fourth-order valence-corrected chi connectivity index (χ4v) is 1.76. The lowest BCUT2D eigenvalue weighted by Crippen LogP contribution is -2.30. The minimum Gasteiger partial charge on any atom is -0.312 e. The van der Waals surface area contributed by atoms with E-state index in [0.29, 0.717) is 11.7 Å². The molecule has 0 spiro atoms. The van der Waals surface area contributed by atoms with Gasteiger partial charge in [-0.25, -0.2) is 0 Å². The van der Waals surface area contributed by atoms with Crippen LogP contribution in [-0.2, 0) is 0 Å². The third-order valence-electron chi connectivity index (χ3n) is 2.72. The molecule has 15 heavy (non-hydrogen) atoms. The number of hydrogen-bond donors (Lipinski definition) is 2. The van der Waals surface area contributed by atoms with E-state index in [1.807, 2.05) is 0 Å². The van der Waals surface area contributed by atoms with E-state index < -0.39 is 0 Å². The predicted molar refractivity (Wildman–Crippen MR) is 64.7 cm³/mol. The Morgan fingerprint density at radius 2 is 1.47 bits per heavy atom. The van der Waals surface area contributed by atoms with Crippen LogP contribution in [-0.4, -0.2) is 23.1 Å². The third kappa shape index (κ3) is 3.86. The topological polar surface area (TPSA) is 50.9 Å². The Morgan fingerprint density at radius 3 is 2.07 bits per heavy atom. The van der Waals surface area contributed by atoms with Gasteiger partial charge in [0.2, 0.25) is 0 Å². The summed E-state index contributed by atoms with van der Waals surface area (Å²) in [7, 11) is 0. The molecule has 2 N–H and O–H groups in total. The van der Waals surface area contributed by atoms with Crippen molar-refractivity contribution in [1.29, 1.82) is 10.8 Å². The number of nitrogens with zero attached hydrogens (tertiary/aromatic N) is 1. The van der Waals surface area contributed by atoms with Crippen molar-refractivity contribution >= 4 is 11.7 Å². The van der Waals surface area contributed by atoms with Gasteiger partial charge in [-0.05, 0) is 18.6 Å². The molecule has 0 aliphatic carbocycles. The van der Waals surface area contributed by atoms with Crippen molar-refractivity contribution in [2.75, 3.05) is 6.54 Å².